The van der Waals surface area contributed by atoms with Gasteiger partial charge in [-0.1, -0.05) is 13.8 Å². The molecule has 114 valence electrons. The van der Waals surface area contributed by atoms with Gasteiger partial charge in [-0.15, -0.1) is 0 Å². The summed E-state index contributed by atoms with van der Waals surface area (Å²) < 4.78 is 11.2. The second-order valence-corrected chi connectivity index (χ2v) is 5.67. The minimum absolute atomic E-state index is 0.0244. The van der Waals surface area contributed by atoms with Crippen LogP contribution in [-0.4, -0.2) is 68.6 Å². The second-order valence-electron chi connectivity index (χ2n) is 5.67. The molecule has 1 aliphatic rings. The minimum Gasteiger partial charge on any atom is -0.353 e. The molecule has 0 saturated carbocycles. The van der Waals surface area contributed by atoms with Crippen LogP contribution in [0.5, 0.6) is 0 Å². The largest absolute Gasteiger partial charge is 0.353 e. The van der Waals surface area contributed by atoms with Gasteiger partial charge in [0.1, 0.15) is 0 Å². The Morgan fingerprint density at radius 1 is 0.895 bits per heavy atom. The van der Waals surface area contributed by atoms with E-state index < -0.39 is 0 Å². The molecule has 0 radical (unpaired) electrons. The Hall–Kier alpha value is -0.160. The summed E-state index contributed by atoms with van der Waals surface area (Å²) in [5.74, 6) is 0.770. The Balaban J connectivity index is 2.17. The molecular formula is C15H32N2O2. The van der Waals surface area contributed by atoms with Crippen LogP contribution in [0, 0.1) is 5.92 Å². The van der Waals surface area contributed by atoms with Crippen molar-refractivity contribution in [2.45, 2.75) is 40.4 Å². The van der Waals surface area contributed by atoms with E-state index in [0.29, 0.717) is 0 Å². The fourth-order valence-electron chi connectivity index (χ4n) is 2.59. The molecule has 4 nitrogen and oxygen atoms in total. The molecule has 0 bridgehead atoms. The molecule has 0 unspecified atom stereocenters. The van der Waals surface area contributed by atoms with Crippen molar-refractivity contribution in [2.24, 2.45) is 5.92 Å². The SMILES string of the molecule is CCOC(CCN1CCN(CC(C)C)CC1)OCC. The maximum absolute atomic E-state index is 5.59. The first-order valence-electron chi connectivity index (χ1n) is 7.83. The number of rotatable bonds is 9. The highest BCUT2D eigenvalue weighted by Gasteiger charge is 2.18. The molecule has 4 heteroatoms. The zero-order chi connectivity index (χ0) is 14.1. The van der Waals surface area contributed by atoms with Gasteiger partial charge in [0.2, 0.25) is 0 Å². The first-order valence-corrected chi connectivity index (χ1v) is 7.83. The highest BCUT2D eigenvalue weighted by Crippen LogP contribution is 2.08. The van der Waals surface area contributed by atoms with Gasteiger partial charge in [-0.25, -0.2) is 0 Å². The predicted octanol–water partition coefficient (Wildman–Crippen LogP) is 2.05. The fraction of sp³-hybridized carbons (Fsp3) is 1.00. The van der Waals surface area contributed by atoms with Gasteiger partial charge in [0.05, 0.1) is 0 Å². The van der Waals surface area contributed by atoms with E-state index in [1.54, 1.807) is 0 Å². The van der Waals surface area contributed by atoms with Crippen molar-refractivity contribution in [3.8, 4) is 0 Å². The van der Waals surface area contributed by atoms with Gasteiger partial charge < -0.3 is 19.3 Å². The molecule has 1 rings (SSSR count). The first kappa shape index (κ1) is 16.9. The normalized spacial score (nSPS) is 18.6. The Morgan fingerprint density at radius 3 is 1.89 bits per heavy atom. The molecule has 1 fully saturated rings. The van der Waals surface area contributed by atoms with Crippen molar-refractivity contribution >= 4 is 0 Å². The number of ether oxygens (including phenoxy) is 2. The maximum atomic E-state index is 5.59. The van der Waals surface area contributed by atoms with E-state index in [2.05, 4.69) is 23.6 Å². The highest BCUT2D eigenvalue weighted by molar-refractivity contribution is 4.72. The third-order valence-corrected chi connectivity index (χ3v) is 3.47. The van der Waals surface area contributed by atoms with E-state index in [0.717, 1.165) is 32.1 Å². The van der Waals surface area contributed by atoms with Crippen LogP contribution in [0.3, 0.4) is 0 Å². The summed E-state index contributed by atoms with van der Waals surface area (Å²) in [4.78, 5) is 5.10. The fourth-order valence-corrected chi connectivity index (χ4v) is 2.59. The number of nitrogens with zero attached hydrogens (tertiary/aromatic N) is 2. The zero-order valence-corrected chi connectivity index (χ0v) is 13.2. The molecule has 0 spiro atoms. The van der Waals surface area contributed by atoms with Crippen LogP contribution in [0.2, 0.25) is 0 Å². The molecule has 0 aliphatic carbocycles. The van der Waals surface area contributed by atoms with E-state index in [-0.39, 0.29) is 6.29 Å². The summed E-state index contributed by atoms with van der Waals surface area (Å²) >= 11 is 0. The van der Waals surface area contributed by atoms with Crippen molar-refractivity contribution in [3.63, 3.8) is 0 Å². The quantitative estimate of drug-likeness (QED) is 0.600. The van der Waals surface area contributed by atoms with Crippen molar-refractivity contribution in [2.75, 3.05) is 52.5 Å². The van der Waals surface area contributed by atoms with Crippen LogP contribution >= 0.6 is 0 Å². The summed E-state index contributed by atoms with van der Waals surface area (Å²) in [6.45, 7) is 17.2. The van der Waals surface area contributed by atoms with Crippen LogP contribution in [-0.2, 0) is 9.47 Å². The first-order chi connectivity index (χ1) is 9.15. The molecule has 0 atom stereocenters. The smallest absolute Gasteiger partial charge is 0.158 e. The summed E-state index contributed by atoms with van der Waals surface area (Å²) in [6.07, 6.45) is 0.954. The van der Waals surface area contributed by atoms with Gasteiger partial charge in [-0.2, -0.15) is 0 Å². The number of hydrogen-bond donors (Lipinski definition) is 0. The molecule has 0 aromatic heterocycles. The number of piperazine rings is 1. The van der Waals surface area contributed by atoms with Crippen LogP contribution in [0.4, 0.5) is 0 Å². The minimum atomic E-state index is -0.0244. The van der Waals surface area contributed by atoms with Crippen LogP contribution < -0.4 is 0 Å². The third-order valence-electron chi connectivity index (χ3n) is 3.47. The summed E-state index contributed by atoms with van der Waals surface area (Å²) in [6, 6.07) is 0. The van der Waals surface area contributed by atoms with Gasteiger partial charge in [0, 0.05) is 58.9 Å². The monoisotopic (exact) mass is 272 g/mol. The maximum Gasteiger partial charge on any atom is 0.158 e. The Labute approximate surface area is 119 Å². The second kappa shape index (κ2) is 9.70. The lowest BCUT2D eigenvalue weighted by Crippen LogP contribution is -2.48. The Morgan fingerprint density at radius 2 is 1.42 bits per heavy atom. The zero-order valence-electron chi connectivity index (χ0n) is 13.2. The molecule has 0 amide bonds. The standard InChI is InChI=1S/C15H32N2O2/c1-5-18-15(19-6-2)7-8-16-9-11-17(12-10-16)13-14(3)4/h14-15H,5-13H2,1-4H3. The van der Waals surface area contributed by atoms with E-state index in [9.17, 15) is 0 Å². The van der Waals surface area contributed by atoms with E-state index in [1.807, 2.05) is 13.8 Å². The van der Waals surface area contributed by atoms with E-state index in [4.69, 9.17) is 9.47 Å². The average molecular weight is 272 g/mol. The molecular weight excluding hydrogens is 240 g/mol. The van der Waals surface area contributed by atoms with Crippen molar-refractivity contribution < 1.29 is 9.47 Å². The average Bonchev–Trinajstić information content (AvgIpc) is 2.37. The lowest BCUT2D eigenvalue weighted by atomic mass is 10.2. The van der Waals surface area contributed by atoms with Crippen molar-refractivity contribution in [1.29, 1.82) is 0 Å². The molecule has 0 aromatic carbocycles. The molecule has 0 N–H and O–H groups in total. The van der Waals surface area contributed by atoms with Gasteiger partial charge in [0.15, 0.2) is 6.29 Å². The van der Waals surface area contributed by atoms with E-state index in [1.165, 1.54) is 32.7 Å². The topological polar surface area (TPSA) is 24.9 Å². The van der Waals surface area contributed by atoms with Gasteiger partial charge in [0.25, 0.3) is 0 Å². The van der Waals surface area contributed by atoms with Crippen molar-refractivity contribution in [3.05, 3.63) is 0 Å². The van der Waals surface area contributed by atoms with E-state index >= 15 is 0 Å². The summed E-state index contributed by atoms with van der Waals surface area (Å²) in [5, 5.41) is 0. The molecule has 0 aromatic rings. The van der Waals surface area contributed by atoms with Crippen molar-refractivity contribution in [1.82, 2.24) is 9.80 Å². The van der Waals surface area contributed by atoms with Gasteiger partial charge in [-0.05, 0) is 19.8 Å². The molecule has 19 heavy (non-hydrogen) atoms. The van der Waals surface area contributed by atoms with Gasteiger partial charge >= 0.3 is 0 Å². The predicted molar refractivity (Wildman–Crippen MR) is 79.4 cm³/mol. The van der Waals surface area contributed by atoms with Crippen LogP contribution in [0.15, 0.2) is 0 Å². The van der Waals surface area contributed by atoms with Gasteiger partial charge in [-0.3, -0.25) is 0 Å². The Kier molecular flexibility index (Phi) is 8.62. The van der Waals surface area contributed by atoms with Crippen LogP contribution in [0.1, 0.15) is 34.1 Å². The number of hydrogen-bond acceptors (Lipinski definition) is 4. The molecule has 1 heterocycles. The molecule has 1 saturated heterocycles. The lowest BCUT2D eigenvalue weighted by Gasteiger charge is -2.36. The van der Waals surface area contributed by atoms with Crippen LogP contribution in [0.25, 0.3) is 0 Å². The summed E-state index contributed by atoms with van der Waals surface area (Å²) in [7, 11) is 0. The highest BCUT2D eigenvalue weighted by atomic mass is 16.7. The lowest BCUT2D eigenvalue weighted by molar-refractivity contribution is -0.142. The Bertz CT molecular complexity index is 210. The molecule has 1 aliphatic heterocycles. The third kappa shape index (κ3) is 7.25. The summed E-state index contributed by atoms with van der Waals surface area (Å²) in [5.41, 5.74) is 0.